The topological polar surface area (TPSA) is 87.1 Å². The molecule has 178 valence electrons. The van der Waals surface area contributed by atoms with Gasteiger partial charge in [-0.1, -0.05) is 35.9 Å². The fourth-order valence-electron chi connectivity index (χ4n) is 4.72. The van der Waals surface area contributed by atoms with Gasteiger partial charge in [-0.3, -0.25) is 9.59 Å². The summed E-state index contributed by atoms with van der Waals surface area (Å²) in [7, 11) is 0. The molecule has 0 radical (unpaired) electrons. The van der Waals surface area contributed by atoms with Gasteiger partial charge in [0.2, 0.25) is 0 Å². The molecular formula is C28H24ClNO5. The van der Waals surface area contributed by atoms with Crippen LogP contribution in [0.15, 0.2) is 72.3 Å². The Labute approximate surface area is 208 Å². The van der Waals surface area contributed by atoms with E-state index in [2.05, 4.69) is 0 Å². The lowest BCUT2D eigenvalue weighted by Crippen LogP contribution is -2.31. The number of nitrogens with zero attached hydrogens (tertiary/aromatic N) is 1. The predicted octanol–water partition coefficient (Wildman–Crippen LogP) is 5.04. The van der Waals surface area contributed by atoms with Crippen molar-refractivity contribution < 1.29 is 24.5 Å². The number of fused-ring (bicyclic) bond motifs is 1. The van der Waals surface area contributed by atoms with Gasteiger partial charge >= 0.3 is 0 Å². The maximum atomic E-state index is 13.2. The van der Waals surface area contributed by atoms with E-state index in [1.165, 1.54) is 17.0 Å². The molecule has 1 fully saturated rings. The number of hydrogen-bond acceptors (Lipinski definition) is 5. The average Bonchev–Trinajstić information content (AvgIpc) is 3.12. The van der Waals surface area contributed by atoms with Gasteiger partial charge in [-0.15, -0.1) is 0 Å². The van der Waals surface area contributed by atoms with Crippen LogP contribution in [0.1, 0.15) is 34.7 Å². The van der Waals surface area contributed by atoms with Crippen LogP contribution in [0.4, 0.5) is 0 Å². The third kappa shape index (κ3) is 4.49. The second-order valence-electron chi connectivity index (χ2n) is 8.74. The molecule has 2 aliphatic heterocycles. The first-order chi connectivity index (χ1) is 16.9. The number of ether oxygens (including phenoxy) is 1. The number of carbonyl (C=O) groups excluding carboxylic acids is 2. The van der Waals surface area contributed by atoms with Crippen molar-refractivity contribution in [1.29, 1.82) is 0 Å². The molecule has 1 saturated heterocycles. The normalized spacial score (nSPS) is 18.9. The number of amides is 1. The molecule has 1 amide bonds. The molecule has 7 heteroatoms. The summed E-state index contributed by atoms with van der Waals surface area (Å²) in [5.74, 6) is -0.896. The van der Waals surface area contributed by atoms with Gasteiger partial charge in [0.05, 0.1) is 18.2 Å². The molecule has 2 aliphatic rings. The smallest absolute Gasteiger partial charge is 0.295 e. The molecule has 2 N–H and O–H groups in total. The number of Topliss-reactive ketones (excluding diaryl/α,β-unsaturated/α-hetero) is 1. The van der Waals surface area contributed by atoms with E-state index in [-0.39, 0.29) is 23.6 Å². The maximum Gasteiger partial charge on any atom is 0.295 e. The first kappa shape index (κ1) is 23.0. The summed E-state index contributed by atoms with van der Waals surface area (Å²) in [6.45, 7) is 0.899. The number of aliphatic hydroxyl groups is 1. The summed E-state index contributed by atoms with van der Waals surface area (Å²) < 4.78 is 5.66. The summed E-state index contributed by atoms with van der Waals surface area (Å²) in [5.41, 5.74) is 2.92. The van der Waals surface area contributed by atoms with Crippen molar-refractivity contribution in [1.82, 2.24) is 4.90 Å². The Morgan fingerprint density at radius 2 is 1.86 bits per heavy atom. The SMILES string of the molecule is O=C1C(=O)N(CCc2ccc(Cl)cc2)C(c2cccc(O)c2)/C1=C(/O)c1ccc2c(c1)CCCO2. The van der Waals surface area contributed by atoms with Crippen molar-refractivity contribution in [3.8, 4) is 11.5 Å². The molecule has 0 aromatic heterocycles. The number of aryl methyl sites for hydroxylation is 1. The zero-order chi connectivity index (χ0) is 24.5. The van der Waals surface area contributed by atoms with Crippen LogP contribution in [0, 0.1) is 0 Å². The summed E-state index contributed by atoms with van der Waals surface area (Å²) in [6, 6.07) is 18.2. The molecule has 0 aliphatic carbocycles. The monoisotopic (exact) mass is 489 g/mol. The van der Waals surface area contributed by atoms with Crippen LogP contribution in [0.2, 0.25) is 5.02 Å². The summed E-state index contributed by atoms with van der Waals surface area (Å²) in [6.07, 6.45) is 2.17. The van der Waals surface area contributed by atoms with Gasteiger partial charge < -0.3 is 19.8 Å². The second-order valence-corrected chi connectivity index (χ2v) is 9.17. The number of phenols is 1. The van der Waals surface area contributed by atoms with Gasteiger partial charge in [0, 0.05) is 17.1 Å². The number of halogens is 1. The zero-order valence-electron chi connectivity index (χ0n) is 18.9. The van der Waals surface area contributed by atoms with Crippen LogP contribution in [-0.2, 0) is 22.4 Å². The van der Waals surface area contributed by atoms with E-state index in [1.807, 2.05) is 18.2 Å². The number of hydrogen-bond donors (Lipinski definition) is 2. The molecule has 3 aromatic carbocycles. The standard InChI is InChI=1S/C28H24ClNO5/c29-21-9-6-17(7-10-21)12-13-30-25(19-3-1-5-22(31)16-19)24(27(33)28(30)34)26(32)20-8-11-23-18(15-20)4-2-14-35-23/h1,3,5-11,15-16,25,31-32H,2,4,12-14H2/b26-24-. The second kappa shape index (κ2) is 9.47. The van der Waals surface area contributed by atoms with E-state index in [9.17, 15) is 19.8 Å². The van der Waals surface area contributed by atoms with E-state index in [4.69, 9.17) is 16.3 Å². The van der Waals surface area contributed by atoms with E-state index in [1.54, 1.807) is 36.4 Å². The van der Waals surface area contributed by atoms with E-state index in [0.29, 0.717) is 29.2 Å². The number of phenolic OH excluding ortho intramolecular Hbond substituents is 1. The van der Waals surface area contributed by atoms with Crippen LogP contribution in [0.3, 0.4) is 0 Å². The fourth-order valence-corrected chi connectivity index (χ4v) is 4.84. The predicted molar refractivity (Wildman–Crippen MR) is 133 cm³/mol. The minimum Gasteiger partial charge on any atom is -0.508 e. The highest BCUT2D eigenvalue weighted by Gasteiger charge is 2.46. The third-order valence-electron chi connectivity index (χ3n) is 6.46. The van der Waals surface area contributed by atoms with Crippen LogP contribution in [0.25, 0.3) is 5.76 Å². The van der Waals surface area contributed by atoms with E-state index < -0.39 is 17.7 Å². The van der Waals surface area contributed by atoms with Gasteiger partial charge in [-0.2, -0.15) is 0 Å². The van der Waals surface area contributed by atoms with Crippen molar-refractivity contribution in [3.63, 3.8) is 0 Å². The molecule has 35 heavy (non-hydrogen) atoms. The Balaban J connectivity index is 1.56. The van der Waals surface area contributed by atoms with Gasteiger partial charge in [-0.05, 0) is 78.4 Å². The van der Waals surface area contributed by atoms with Crippen molar-refractivity contribution in [3.05, 3.63) is 99.6 Å². The lowest BCUT2D eigenvalue weighted by Gasteiger charge is -2.25. The Hall–Kier alpha value is -3.77. The summed E-state index contributed by atoms with van der Waals surface area (Å²) in [5, 5.41) is 22.0. The van der Waals surface area contributed by atoms with Crippen LogP contribution < -0.4 is 4.74 Å². The van der Waals surface area contributed by atoms with Gasteiger partial charge in [-0.25, -0.2) is 0 Å². The number of benzene rings is 3. The largest absolute Gasteiger partial charge is 0.508 e. The Kier molecular flexibility index (Phi) is 6.22. The number of rotatable bonds is 5. The quantitative estimate of drug-likeness (QED) is 0.298. The van der Waals surface area contributed by atoms with Crippen molar-refractivity contribution in [2.75, 3.05) is 13.2 Å². The van der Waals surface area contributed by atoms with Crippen molar-refractivity contribution in [2.45, 2.75) is 25.3 Å². The van der Waals surface area contributed by atoms with E-state index in [0.717, 1.165) is 29.7 Å². The van der Waals surface area contributed by atoms with Crippen molar-refractivity contribution in [2.24, 2.45) is 0 Å². The highest BCUT2D eigenvalue weighted by molar-refractivity contribution is 6.46. The van der Waals surface area contributed by atoms with Gasteiger partial charge in [0.15, 0.2) is 0 Å². The molecular weight excluding hydrogens is 466 g/mol. The highest BCUT2D eigenvalue weighted by Crippen LogP contribution is 2.41. The first-order valence-corrected chi connectivity index (χ1v) is 11.9. The molecule has 3 aromatic rings. The lowest BCUT2D eigenvalue weighted by atomic mass is 9.93. The van der Waals surface area contributed by atoms with Crippen LogP contribution >= 0.6 is 11.6 Å². The number of aromatic hydroxyl groups is 1. The zero-order valence-corrected chi connectivity index (χ0v) is 19.7. The number of aliphatic hydroxyl groups excluding tert-OH is 1. The van der Waals surface area contributed by atoms with Crippen LogP contribution in [-0.4, -0.2) is 40.0 Å². The maximum absolute atomic E-state index is 13.2. The lowest BCUT2D eigenvalue weighted by molar-refractivity contribution is -0.139. The van der Waals surface area contributed by atoms with Gasteiger partial charge in [0.25, 0.3) is 11.7 Å². The molecule has 0 saturated carbocycles. The fraction of sp³-hybridized carbons (Fsp3) is 0.214. The Bertz CT molecular complexity index is 1330. The Morgan fingerprint density at radius 1 is 1.06 bits per heavy atom. The summed E-state index contributed by atoms with van der Waals surface area (Å²) >= 11 is 5.98. The minimum absolute atomic E-state index is 0.00776. The first-order valence-electron chi connectivity index (χ1n) is 11.5. The van der Waals surface area contributed by atoms with Crippen LogP contribution in [0.5, 0.6) is 11.5 Å². The molecule has 0 spiro atoms. The number of carbonyl (C=O) groups is 2. The summed E-state index contributed by atoms with van der Waals surface area (Å²) in [4.78, 5) is 27.8. The molecule has 1 unspecified atom stereocenters. The molecule has 2 heterocycles. The van der Waals surface area contributed by atoms with Crippen molar-refractivity contribution >= 4 is 29.1 Å². The van der Waals surface area contributed by atoms with Gasteiger partial charge in [0.1, 0.15) is 17.3 Å². The molecule has 5 rings (SSSR count). The third-order valence-corrected chi connectivity index (χ3v) is 6.71. The average molecular weight is 490 g/mol. The minimum atomic E-state index is -0.832. The highest BCUT2D eigenvalue weighted by atomic mass is 35.5. The van der Waals surface area contributed by atoms with E-state index >= 15 is 0 Å². The molecule has 0 bridgehead atoms. The number of likely N-dealkylation sites (tertiary alicyclic amines) is 1. The molecule has 1 atom stereocenters. The Morgan fingerprint density at radius 3 is 2.63 bits per heavy atom. The molecule has 6 nitrogen and oxygen atoms in total. The number of ketones is 1.